The summed E-state index contributed by atoms with van der Waals surface area (Å²) in [6.45, 7) is 0.159. The van der Waals surface area contributed by atoms with Crippen LogP contribution in [0.5, 0.6) is 0 Å². The van der Waals surface area contributed by atoms with E-state index in [1.165, 1.54) is 0 Å². The van der Waals surface area contributed by atoms with Crippen molar-refractivity contribution in [1.82, 2.24) is 10.6 Å². The lowest BCUT2D eigenvalue weighted by Crippen LogP contribution is -2.23. The number of hydrogen-bond donors (Lipinski definition) is 2. The smallest absolute Gasteiger partial charge is 0.253 e. The van der Waals surface area contributed by atoms with Crippen molar-refractivity contribution >= 4 is 23.4 Å². The molecule has 0 fully saturated rings. The van der Waals surface area contributed by atoms with Gasteiger partial charge in [-0.1, -0.05) is 47.7 Å². The highest BCUT2D eigenvalue weighted by Gasteiger charge is 2.08. The van der Waals surface area contributed by atoms with Crippen LogP contribution >= 0.6 is 11.6 Å². The summed E-state index contributed by atoms with van der Waals surface area (Å²) in [5, 5.41) is 5.63. The first-order chi connectivity index (χ1) is 11.1. The SMILES string of the molecule is CNC(=O)c1ccccc1C#CCNC(=O)c1ccccc1Cl. The summed E-state index contributed by atoms with van der Waals surface area (Å²) in [6.07, 6.45) is 0. The number of nitrogens with one attached hydrogen (secondary N) is 2. The van der Waals surface area contributed by atoms with Crippen molar-refractivity contribution in [2.45, 2.75) is 0 Å². The first kappa shape index (κ1) is 16.6. The number of benzene rings is 2. The van der Waals surface area contributed by atoms with Crippen molar-refractivity contribution in [3.05, 3.63) is 70.2 Å². The fourth-order valence-corrected chi connectivity index (χ4v) is 2.15. The maximum Gasteiger partial charge on any atom is 0.253 e. The lowest BCUT2D eigenvalue weighted by molar-refractivity contribution is 0.0952. The van der Waals surface area contributed by atoms with Gasteiger partial charge in [0.25, 0.3) is 11.8 Å². The van der Waals surface area contributed by atoms with Gasteiger partial charge in [-0.2, -0.15) is 0 Å². The Bertz CT molecular complexity index is 791. The fraction of sp³-hybridized carbons (Fsp3) is 0.111. The number of carbonyl (C=O) groups is 2. The molecule has 0 spiro atoms. The summed E-state index contributed by atoms with van der Waals surface area (Å²) < 4.78 is 0. The molecule has 4 nitrogen and oxygen atoms in total. The van der Waals surface area contributed by atoms with Gasteiger partial charge in [0, 0.05) is 12.6 Å². The molecule has 0 unspecified atom stereocenters. The van der Waals surface area contributed by atoms with E-state index in [0.717, 1.165) is 0 Å². The van der Waals surface area contributed by atoms with Gasteiger partial charge in [0.2, 0.25) is 0 Å². The second-order valence-corrected chi connectivity index (χ2v) is 5.00. The van der Waals surface area contributed by atoms with E-state index in [4.69, 9.17) is 11.6 Å². The molecule has 0 saturated carbocycles. The number of carbonyl (C=O) groups excluding carboxylic acids is 2. The van der Waals surface area contributed by atoms with Crippen LogP contribution in [0, 0.1) is 11.8 Å². The lowest BCUT2D eigenvalue weighted by Gasteiger charge is -2.03. The molecule has 23 heavy (non-hydrogen) atoms. The van der Waals surface area contributed by atoms with Crippen LogP contribution in [0.4, 0.5) is 0 Å². The van der Waals surface area contributed by atoms with Gasteiger partial charge in [-0.15, -0.1) is 0 Å². The molecule has 0 aromatic heterocycles. The number of halogens is 1. The predicted octanol–water partition coefficient (Wildman–Crippen LogP) is 2.48. The maximum atomic E-state index is 12.0. The van der Waals surface area contributed by atoms with Crippen molar-refractivity contribution in [3.8, 4) is 11.8 Å². The van der Waals surface area contributed by atoms with Crippen molar-refractivity contribution in [1.29, 1.82) is 0 Å². The van der Waals surface area contributed by atoms with Gasteiger partial charge < -0.3 is 10.6 Å². The second-order valence-electron chi connectivity index (χ2n) is 4.59. The Hall–Kier alpha value is -2.77. The van der Waals surface area contributed by atoms with E-state index >= 15 is 0 Å². The summed E-state index contributed by atoms with van der Waals surface area (Å²) in [5.41, 5.74) is 1.51. The molecule has 2 rings (SSSR count). The van der Waals surface area contributed by atoms with E-state index in [0.29, 0.717) is 21.7 Å². The van der Waals surface area contributed by atoms with Crippen LogP contribution < -0.4 is 10.6 Å². The Morgan fingerprint density at radius 1 is 1.00 bits per heavy atom. The van der Waals surface area contributed by atoms with Crippen LogP contribution in [0.15, 0.2) is 48.5 Å². The summed E-state index contributed by atoms with van der Waals surface area (Å²) in [4.78, 5) is 23.7. The molecule has 2 aromatic carbocycles. The molecule has 116 valence electrons. The molecule has 2 aromatic rings. The molecule has 0 aliphatic carbocycles. The van der Waals surface area contributed by atoms with Gasteiger partial charge in [-0.3, -0.25) is 9.59 Å². The second kappa shape index (κ2) is 8.02. The van der Waals surface area contributed by atoms with Crippen LogP contribution in [0.1, 0.15) is 26.3 Å². The molecule has 0 radical (unpaired) electrons. The molecule has 0 saturated heterocycles. The normalized spacial score (nSPS) is 9.48. The standard InChI is InChI=1S/C18H15ClN2O2/c1-20-17(22)14-9-3-2-7-13(14)8-6-12-21-18(23)15-10-4-5-11-16(15)19/h2-5,7,9-11H,12H2,1H3,(H,20,22)(H,21,23). The van der Waals surface area contributed by atoms with E-state index in [1.54, 1.807) is 55.6 Å². The molecular formula is C18H15ClN2O2. The monoisotopic (exact) mass is 326 g/mol. The average molecular weight is 327 g/mol. The summed E-state index contributed by atoms with van der Waals surface area (Å²) in [5.74, 6) is 5.24. The number of amides is 2. The number of rotatable bonds is 3. The number of hydrogen-bond acceptors (Lipinski definition) is 2. The minimum Gasteiger partial charge on any atom is -0.355 e. The van der Waals surface area contributed by atoms with Crippen molar-refractivity contribution in [2.75, 3.05) is 13.6 Å². The molecule has 0 atom stereocenters. The van der Waals surface area contributed by atoms with E-state index < -0.39 is 0 Å². The first-order valence-electron chi connectivity index (χ1n) is 6.96. The van der Waals surface area contributed by atoms with Gasteiger partial charge in [0.05, 0.1) is 22.7 Å². The zero-order valence-electron chi connectivity index (χ0n) is 12.5. The van der Waals surface area contributed by atoms with Gasteiger partial charge in [-0.25, -0.2) is 0 Å². The van der Waals surface area contributed by atoms with Crippen LogP contribution in [-0.2, 0) is 0 Å². The largest absolute Gasteiger partial charge is 0.355 e. The Morgan fingerprint density at radius 3 is 2.35 bits per heavy atom. The third-order valence-corrected chi connectivity index (χ3v) is 3.41. The van der Waals surface area contributed by atoms with Gasteiger partial charge >= 0.3 is 0 Å². The van der Waals surface area contributed by atoms with E-state index in [2.05, 4.69) is 22.5 Å². The molecular weight excluding hydrogens is 312 g/mol. The highest BCUT2D eigenvalue weighted by molar-refractivity contribution is 6.33. The van der Waals surface area contributed by atoms with Gasteiger partial charge in [-0.05, 0) is 24.3 Å². The molecule has 0 bridgehead atoms. The Kier molecular flexibility index (Phi) is 5.79. The average Bonchev–Trinajstić information content (AvgIpc) is 2.58. The maximum absolute atomic E-state index is 12.0. The van der Waals surface area contributed by atoms with E-state index in [-0.39, 0.29) is 18.4 Å². The Labute approximate surface area is 139 Å². The summed E-state index contributed by atoms with van der Waals surface area (Å²) in [6, 6.07) is 13.8. The fourth-order valence-electron chi connectivity index (χ4n) is 1.93. The van der Waals surface area contributed by atoms with Crippen LogP contribution in [-0.4, -0.2) is 25.4 Å². The third-order valence-electron chi connectivity index (χ3n) is 3.08. The first-order valence-corrected chi connectivity index (χ1v) is 7.34. The zero-order valence-corrected chi connectivity index (χ0v) is 13.3. The van der Waals surface area contributed by atoms with Crippen molar-refractivity contribution in [2.24, 2.45) is 0 Å². The van der Waals surface area contributed by atoms with Gasteiger partial charge in [0.1, 0.15) is 0 Å². The van der Waals surface area contributed by atoms with Crippen molar-refractivity contribution in [3.63, 3.8) is 0 Å². The molecule has 0 aliphatic heterocycles. The Morgan fingerprint density at radius 2 is 1.65 bits per heavy atom. The van der Waals surface area contributed by atoms with Crippen LogP contribution in [0.25, 0.3) is 0 Å². The van der Waals surface area contributed by atoms with E-state index in [1.807, 2.05) is 0 Å². The summed E-state index contributed by atoms with van der Waals surface area (Å²) in [7, 11) is 1.57. The molecule has 2 N–H and O–H groups in total. The van der Waals surface area contributed by atoms with E-state index in [9.17, 15) is 9.59 Å². The van der Waals surface area contributed by atoms with Gasteiger partial charge in [0.15, 0.2) is 0 Å². The topological polar surface area (TPSA) is 58.2 Å². The highest BCUT2D eigenvalue weighted by Crippen LogP contribution is 2.14. The predicted molar refractivity (Wildman–Crippen MR) is 90.5 cm³/mol. The van der Waals surface area contributed by atoms with Crippen molar-refractivity contribution < 1.29 is 9.59 Å². The molecule has 0 aliphatic rings. The highest BCUT2D eigenvalue weighted by atomic mass is 35.5. The summed E-state index contributed by atoms with van der Waals surface area (Å²) >= 11 is 5.96. The lowest BCUT2D eigenvalue weighted by atomic mass is 10.1. The van der Waals surface area contributed by atoms with Crippen LogP contribution in [0.2, 0.25) is 5.02 Å². The van der Waals surface area contributed by atoms with Crippen LogP contribution in [0.3, 0.4) is 0 Å². The molecule has 2 amide bonds. The molecule has 5 heteroatoms. The zero-order chi connectivity index (χ0) is 16.7. The Balaban J connectivity index is 2.03. The minimum absolute atomic E-state index is 0.159. The molecule has 0 heterocycles. The third kappa shape index (κ3) is 4.35. The quantitative estimate of drug-likeness (QED) is 0.851. The minimum atomic E-state index is -0.288.